The summed E-state index contributed by atoms with van der Waals surface area (Å²) in [5.74, 6) is 0. The topological polar surface area (TPSA) is 58.6 Å². The third kappa shape index (κ3) is 7.74. The molecule has 0 aliphatic heterocycles. The summed E-state index contributed by atoms with van der Waals surface area (Å²) in [6.07, 6.45) is 0.731. The molecule has 1 atom stereocenters. The summed E-state index contributed by atoms with van der Waals surface area (Å²) in [7, 11) is 3.83. The lowest BCUT2D eigenvalue weighted by Crippen LogP contribution is -2.50. The fourth-order valence-corrected chi connectivity index (χ4v) is 1.14. The van der Waals surface area contributed by atoms with Crippen LogP contribution in [-0.2, 0) is 9.53 Å². The molecule has 0 aromatic heterocycles. The molecule has 1 N–H and O–H groups in total. The molecule has 0 rings (SSSR count). The second-order valence-electron chi connectivity index (χ2n) is 5.72. The quantitative estimate of drug-likeness (QED) is 0.743. The van der Waals surface area contributed by atoms with E-state index in [-0.39, 0.29) is 0 Å². The van der Waals surface area contributed by atoms with Gasteiger partial charge >= 0.3 is 6.09 Å². The average Bonchev–Trinajstić information content (AvgIpc) is 2.11. The van der Waals surface area contributed by atoms with E-state index in [1.165, 1.54) is 0 Å². The molecule has 0 aliphatic rings. The molecule has 0 aliphatic carbocycles. The Morgan fingerprint density at radius 2 is 1.82 bits per heavy atom. The first-order valence-electron chi connectivity index (χ1n) is 5.70. The molecule has 0 fully saturated rings. The van der Waals surface area contributed by atoms with Crippen LogP contribution in [0.4, 0.5) is 4.79 Å². The molecule has 0 spiro atoms. The Morgan fingerprint density at radius 3 is 2.18 bits per heavy atom. The SMILES string of the molecule is CN(C)CCC(C)(C=O)NC(=O)OC(C)(C)C. The molecule has 17 heavy (non-hydrogen) atoms. The molecule has 0 radical (unpaired) electrons. The standard InChI is InChI=1S/C12H24N2O3/c1-11(2,3)17-10(16)13-12(4,9-15)7-8-14(5)6/h9H,7-8H2,1-6H3,(H,13,16). The van der Waals surface area contributed by atoms with E-state index in [1.807, 2.05) is 19.0 Å². The first-order valence-corrected chi connectivity index (χ1v) is 5.70. The molecule has 0 bridgehead atoms. The zero-order valence-corrected chi connectivity index (χ0v) is 11.7. The number of amides is 1. The van der Waals surface area contributed by atoms with Crippen molar-refractivity contribution in [2.45, 2.75) is 45.3 Å². The largest absolute Gasteiger partial charge is 0.444 e. The van der Waals surface area contributed by atoms with E-state index < -0.39 is 17.2 Å². The Morgan fingerprint density at radius 1 is 1.29 bits per heavy atom. The van der Waals surface area contributed by atoms with Gasteiger partial charge in [0.05, 0.1) is 5.54 Å². The van der Waals surface area contributed by atoms with Gasteiger partial charge in [0.1, 0.15) is 11.9 Å². The first-order chi connectivity index (χ1) is 7.58. The highest BCUT2D eigenvalue weighted by molar-refractivity contribution is 5.76. The Labute approximate surface area is 103 Å². The van der Waals surface area contributed by atoms with Crippen LogP contribution in [0.15, 0.2) is 0 Å². The molecule has 1 amide bonds. The van der Waals surface area contributed by atoms with Gasteiger partial charge in [0.25, 0.3) is 0 Å². The van der Waals surface area contributed by atoms with Crippen LogP contribution in [0.2, 0.25) is 0 Å². The summed E-state index contributed by atoms with van der Waals surface area (Å²) in [4.78, 5) is 24.6. The van der Waals surface area contributed by atoms with E-state index in [0.29, 0.717) is 13.0 Å². The highest BCUT2D eigenvalue weighted by Gasteiger charge is 2.28. The van der Waals surface area contributed by atoms with Crippen molar-refractivity contribution in [1.29, 1.82) is 0 Å². The highest BCUT2D eigenvalue weighted by atomic mass is 16.6. The van der Waals surface area contributed by atoms with E-state index in [1.54, 1.807) is 27.7 Å². The van der Waals surface area contributed by atoms with Crippen molar-refractivity contribution in [3.05, 3.63) is 0 Å². The van der Waals surface area contributed by atoms with Crippen LogP contribution in [0.1, 0.15) is 34.1 Å². The van der Waals surface area contributed by atoms with E-state index in [0.717, 1.165) is 6.29 Å². The Balaban J connectivity index is 4.37. The zero-order valence-electron chi connectivity index (χ0n) is 11.7. The van der Waals surface area contributed by atoms with Crippen molar-refractivity contribution in [3.63, 3.8) is 0 Å². The lowest BCUT2D eigenvalue weighted by molar-refractivity contribution is -0.113. The summed E-state index contributed by atoms with van der Waals surface area (Å²) in [6, 6.07) is 0. The molecular formula is C12H24N2O3. The summed E-state index contributed by atoms with van der Waals surface area (Å²) in [5, 5.41) is 2.60. The predicted octanol–water partition coefficient (Wildman–Crippen LogP) is 1.42. The zero-order chi connectivity index (χ0) is 13.7. The van der Waals surface area contributed by atoms with Crippen LogP contribution >= 0.6 is 0 Å². The van der Waals surface area contributed by atoms with Crippen molar-refractivity contribution >= 4 is 12.4 Å². The number of rotatable bonds is 5. The summed E-state index contributed by atoms with van der Waals surface area (Å²) in [5.41, 5.74) is -1.44. The molecule has 1 unspecified atom stereocenters. The van der Waals surface area contributed by atoms with Gasteiger partial charge in [-0.3, -0.25) is 0 Å². The van der Waals surface area contributed by atoms with Crippen molar-refractivity contribution in [1.82, 2.24) is 10.2 Å². The minimum atomic E-state index is -0.882. The molecule has 0 saturated carbocycles. The minimum absolute atomic E-state index is 0.544. The van der Waals surface area contributed by atoms with Gasteiger partial charge in [0.2, 0.25) is 0 Å². The van der Waals surface area contributed by atoms with Crippen LogP contribution in [0.3, 0.4) is 0 Å². The maximum atomic E-state index is 11.6. The fourth-order valence-electron chi connectivity index (χ4n) is 1.14. The number of ether oxygens (including phenoxy) is 1. The number of carbonyl (C=O) groups is 2. The van der Waals surface area contributed by atoms with Gasteiger partial charge in [-0.25, -0.2) is 4.79 Å². The minimum Gasteiger partial charge on any atom is -0.444 e. The molecule has 0 aromatic carbocycles. The van der Waals surface area contributed by atoms with Crippen LogP contribution in [0.25, 0.3) is 0 Å². The van der Waals surface area contributed by atoms with Crippen molar-refractivity contribution in [2.24, 2.45) is 0 Å². The predicted molar refractivity (Wildman–Crippen MR) is 67.0 cm³/mol. The number of nitrogens with zero attached hydrogens (tertiary/aromatic N) is 1. The lowest BCUT2D eigenvalue weighted by Gasteiger charge is -2.28. The van der Waals surface area contributed by atoms with Crippen molar-refractivity contribution < 1.29 is 14.3 Å². The third-order valence-electron chi connectivity index (χ3n) is 2.12. The smallest absolute Gasteiger partial charge is 0.408 e. The molecule has 0 saturated heterocycles. The third-order valence-corrected chi connectivity index (χ3v) is 2.12. The van der Waals surface area contributed by atoms with Crippen LogP contribution in [0.5, 0.6) is 0 Å². The molecule has 100 valence electrons. The molecule has 0 aromatic rings. The number of carbonyl (C=O) groups excluding carboxylic acids is 2. The van der Waals surface area contributed by atoms with E-state index in [2.05, 4.69) is 5.32 Å². The van der Waals surface area contributed by atoms with Crippen molar-refractivity contribution in [2.75, 3.05) is 20.6 Å². The maximum absolute atomic E-state index is 11.6. The van der Waals surface area contributed by atoms with Gasteiger partial charge in [-0.1, -0.05) is 0 Å². The number of hydrogen-bond donors (Lipinski definition) is 1. The monoisotopic (exact) mass is 244 g/mol. The molecule has 5 heteroatoms. The first kappa shape index (κ1) is 15.9. The van der Waals surface area contributed by atoms with Gasteiger partial charge in [0.15, 0.2) is 0 Å². The van der Waals surface area contributed by atoms with E-state index in [4.69, 9.17) is 4.74 Å². The van der Waals surface area contributed by atoms with Crippen molar-refractivity contribution in [3.8, 4) is 0 Å². The lowest BCUT2D eigenvalue weighted by atomic mass is 10.00. The molecular weight excluding hydrogens is 220 g/mol. The van der Waals surface area contributed by atoms with E-state index >= 15 is 0 Å². The van der Waals surface area contributed by atoms with Crippen LogP contribution < -0.4 is 5.32 Å². The van der Waals surface area contributed by atoms with Crippen LogP contribution in [0, 0.1) is 0 Å². The summed E-state index contributed by atoms with van der Waals surface area (Å²) in [6.45, 7) is 7.75. The normalized spacial score (nSPS) is 15.2. The number of alkyl carbamates (subject to hydrolysis) is 1. The second kappa shape index (κ2) is 6.00. The number of hydrogen-bond acceptors (Lipinski definition) is 4. The van der Waals surface area contributed by atoms with Gasteiger partial charge in [-0.05, 0) is 48.2 Å². The van der Waals surface area contributed by atoms with Gasteiger partial charge < -0.3 is 19.7 Å². The second-order valence-corrected chi connectivity index (χ2v) is 5.72. The van der Waals surface area contributed by atoms with E-state index in [9.17, 15) is 9.59 Å². The number of nitrogens with one attached hydrogen (secondary N) is 1. The van der Waals surface area contributed by atoms with Crippen LogP contribution in [-0.4, -0.2) is 49.1 Å². The number of aldehydes is 1. The Bertz CT molecular complexity index is 271. The summed E-state index contributed by atoms with van der Waals surface area (Å²) >= 11 is 0. The Kier molecular flexibility index (Phi) is 5.61. The van der Waals surface area contributed by atoms with Gasteiger partial charge in [-0.15, -0.1) is 0 Å². The maximum Gasteiger partial charge on any atom is 0.408 e. The van der Waals surface area contributed by atoms with Gasteiger partial charge in [-0.2, -0.15) is 0 Å². The molecule has 0 heterocycles. The average molecular weight is 244 g/mol. The molecule has 5 nitrogen and oxygen atoms in total. The van der Waals surface area contributed by atoms with Gasteiger partial charge in [0, 0.05) is 6.54 Å². The summed E-state index contributed by atoms with van der Waals surface area (Å²) < 4.78 is 5.12. The fraction of sp³-hybridized carbons (Fsp3) is 0.833. The Hall–Kier alpha value is -1.10. The highest BCUT2D eigenvalue weighted by Crippen LogP contribution is 2.11.